The fourth-order valence-electron chi connectivity index (χ4n) is 3.41. The van der Waals surface area contributed by atoms with Gasteiger partial charge in [0.2, 0.25) is 0 Å². The van der Waals surface area contributed by atoms with E-state index < -0.39 is 17.4 Å². The molecule has 0 saturated heterocycles. The standard InChI is InChI=1S/C23H24N4O5/c1-14-7-6-9-17(11-14)32-23-24-20-19(21(29)25-22(30)26(20)3)27(23)12-16(28)13-31-18-10-5-4-8-15(18)2/h4-11,16,28H,12-13H2,1-3H3,(H,25,29,30). The van der Waals surface area contributed by atoms with Crippen LogP contribution in [-0.2, 0) is 13.6 Å². The molecule has 0 spiro atoms. The molecular weight excluding hydrogens is 412 g/mol. The van der Waals surface area contributed by atoms with Crippen LogP contribution in [0.1, 0.15) is 11.1 Å². The van der Waals surface area contributed by atoms with Crippen LogP contribution in [-0.4, -0.2) is 36.9 Å². The number of ether oxygens (including phenoxy) is 2. The van der Waals surface area contributed by atoms with E-state index in [9.17, 15) is 14.7 Å². The molecule has 9 heteroatoms. The predicted molar refractivity (Wildman–Crippen MR) is 120 cm³/mol. The van der Waals surface area contributed by atoms with Gasteiger partial charge in [0.05, 0.1) is 6.54 Å². The number of aromatic nitrogens is 4. The molecule has 32 heavy (non-hydrogen) atoms. The zero-order valence-corrected chi connectivity index (χ0v) is 18.0. The Hall–Kier alpha value is -3.85. The highest BCUT2D eigenvalue weighted by Crippen LogP contribution is 2.25. The second-order valence-corrected chi connectivity index (χ2v) is 7.64. The first-order valence-electron chi connectivity index (χ1n) is 10.1. The molecule has 2 heterocycles. The van der Waals surface area contributed by atoms with Crippen LogP contribution in [0.2, 0.25) is 0 Å². The molecular formula is C23H24N4O5. The lowest BCUT2D eigenvalue weighted by Gasteiger charge is -2.16. The monoisotopic (exact) mass is 436 g/mol. The summed E-state index contributed by atoms with van der Waals surface area (Å²) in [5, 5.41) is 10.7. The summed E-state index contributed by atoms with van der Waals surface area (Å²) in [6.45, 7) is 3.82. The van der Waals surface area contributed by atoms with Crippen LogP contribution in [0.3, 0.4) is 0 Å². The van der Waals surface area contributed by atoms with Gasteiger partial charge in [0.15, 0.2) is 11.2 Å². The first-order valence-corrected chi connectivity index (χ1v) is 10.1. The molecule has 0 fully saturated rings. The van der Waals surface area contributed by atoms with Crippen molar-refractivity contribution in [3.05, 3.63) is 80.5 Å². The van der Waals surface area contributed by atoms with Crippen molar-refractivity contribution < 1.29 is 14.6 Å². The van der Waals surface area contributed by atoms with E-state index in [0.717, 1.165) is 11.1 Å². The fraction of sp³-hybridized carbons (Fsp3) is 0.261. The van der Waals surface area contributed by atoms with E-state index in [2.05, 4.69) is 9.97 Å². The van der Waals surface area contributed by atoms with E-state index >= 15 is 0 Å². The molecule has 0 bridgehead atoms. The average molecular weight is 436 g/mol. The Labute approximate surface area is 183 Å². The second kappa shape index (κ2) is 8.72. The van der Waals surface area contributed by atoms with Crippen molar-refractivity contribution in [2.75, 3.05) is 6.61 Å². The summed E-state index contributed by atoms with van der Waals surface area (Å²) in [5.74, 6) is 1.19. The number of nitrogens with one attached hydrogen (secondary N) is 1. The highest BCUT2D eigenvalue weighted by Gasteiger charge is 2.21. The van der Waals surface area contributed by atoms with Gasteiger partial charge in [-0.25, -0.2) is 4.79 Å². The van der Waals surface area contributed by atoms with Crippen LogP contribution in [0, 0.1) is 13.8 Å². The van der Waals surface area contributed by atoms with E-state index in [-0.39, 0.29) is 30.3 Å². The minimum atomic E-state index is -0.969. The molecule has 2 N–H and O–H groups in total. The number of aryl methyl sites for hydroxylation is 3. The summed E-state index contributed by atoms with van der Waals surface area (Å²) >= 11 is 0. The third-order valence-corrected chi connectivity index (χ3v) is 5.09. The van der Waals surface area contributed by atoms with Crippen molar-refractivity contribution >= 4 is 11.2 Å². The molecule has 4 aromatic rings. The number of aliphatic hydroxyl groups is 1. The summed E-state index contributed by atoms with van der Waals surface area (Å²) in [5.41, 5.74) is 1.03. The molecule has 166 valence electrons. The highest BCUT2D eigenvalue weighted by atomic mass is 16.5. The molecule has 4 rings (SSSR count). The number of rotatable bonds is 7. The van der Waals surface area contributed by atoms with Gasteiger partial charge in [0.1, 0.15) is 24.2 Å². The van der Waals surface area contributed by atoms with Crippen molar-refractivity contribution in [1.29, 1.82) is 0 Å². The lowest BCUT2D eigenvalue weighted by atomic mass is 10.2. The number of para-hydroxylation sites is 1. The molecule has 0 aliphatic rings. The summed E-state index contributed by atoms with van der Waals surface area (Å²) in [6, 6.07) is 14.9. The topological polar surface area (TPSA) is 111 Å². The Balaban J connectivity index is 1.69. The molecule has 2 aromatic heterocycles. The molecule has 0 aliphatic heterocycles. The van der Waals surface area contributed by atoms with Gasteiger partial charge in [-0.3, -0.25) is 18.9 Å². The minimum absolute atomic E-state index is 0.00190. The molecule has 0 amide bonds. The van der Waals surface area contributed by atoms with Crippen LogP contribution >= 0.6 is 0 Å². The number of H-pyrrole nitrogens is 1. The number of benzene rings is 2. The fourth-order valence-corrected chi connectivity index (χ4v) is 3.41. The molecule has 1 unspecified atom stereocenters. The van der Waals surface area contributed by atoms with Crippen LogP contribution in [0.4, 0.5) is 0 Å². The summed E-state index contributed by atoms with van der Waals surface area (Å²) in [7, 11) is 1.51. The van der Waals surface area contributed by atoms with Gasteiger partial charge >= 0.3 is 11.7 Å². The van der Waals surface area contributed by atoms with E-state index in [1.807, 2.05) is 56.3 Å². The summed E-state index contributed by atoms with van der Waals surface area (Å²) < 4.78 is 14.4. The maximum Gasteiger partial charge on any atom is 0.329 e. The highest BCUT2D eigenvalue weighted by molar-refractivity contribution is 5.71. The predicted octanol–water partition coefficient (Wildman–Crippen LogP) is 2.27. The van der Waals surface area contributed by atoms with E-state index in [4.69, 9.17) is 9.47 Å². The van der Waals surface area contributed by atoms with Gasteiger partial charge in [0, 0.05) is 7.05 Å². The molecule has 9 nitrogen and oxygen atoms in total. The quantitative estimate of drug-likeness (QED) is 0.460. The van der Waals surface area contributed by atoms with Crippen LogP contribution in [0.15, 0.2) is 58.1 Å². The average Bonchev–Trinajstić information content (AvgIpc) is 3.10. The van der Waals surface area contributed by atoms with Gasteiger partial charge in [0.25, 0.3) is 5.56 Å². The van der Waals surface area contributed by atoms with Crippen molar-refractivity contribution in [2.24, 2.45) is 7.05 Å². The number of hydrogen-bond donors (Lipinski definition) is 2. The van der Waals surface area contributed by atoms with Gasteiger partial charge in [-0.2, -0.15) is 4.98 Å². The third kappa shape index (κ3) is 4.28. The smallest absolute Gasteiger partial charge is 0.329 e. The number of imidazole rings is 1. The zero-order valence-electron chi connectivity index (χ0n) is 18.0. The van der Waals surface area contributed by atoms with Crippen LogP contribution < -0.4 is 20.7 Å². The number of fused-ring (bicyclic) bond motifs is 1. The molecule has 0 radical (unpaired) electrons. The van der Waals surface area contributed by atoms with E-state index in [0.29, 0.717) is 11.5 Å². The normalized spacial score (nSPS) is 12.1. The molecule has 0 aliphatic carbocycles. The van der Waals surface area contributed by atoms with E-state index in [1.165, 1.54) is 16.2 Å². The van der Waals surface area contributed by atoms with E-state index in [1.54, 1.807) is 6.07 Å². The number of nitrogens with zero attached hydrogens (tertiary/aromatic N) is 3. The van der Waals surface area contributed by atoms with Gasteiger partial charge in [-0.15, -0.1) is 0 Å². The minimum Gasteiger partial charge on any atom is -0.491 e. The van der Waals surface area contributed by atoms with Crippen LogP contribution in [0.5, 0.6) is 17.5 Å². The van der Waals surface area contributed by atoms with Crippen molar-refractivity contribution in [3.63, 3.8) is 0 Å². The van der Waals surface area contributed by atoms with Crippen molar-refractivity contribution in [1.82, 2.24) is 19.1 Å². The Morgan fingerprint density at radius 3 is 2.66 bits per heavy atom. The largest absolute Gasteiger partial charge is 0.491 e. The van der Waals surface area contributed by atoms with Crippen LogP contribution in [0.25, 0.3) is 11.2 Å². The molecule has 2 aromatic carbocycles. The summed E-state index contributed by atoms with van der Waals surface area (Å²) in [4.78, 5) is 31.3. The lowest BCUT2D eigenvalue weighted by molar-refractivity contribution is 0.0912. The first kappa shape index (κ1) is 21.4. The van der Waals surface area contributed by atoms with Gasteiger partial charge in [-0.1, -0.05) is 30.3 Å². The second-order valence-electron chi connectivity index (χ2n) is 7.64. The number of hydrogen-bond acceptors (Lipinski definition) is 6. The maximum atomic E-state index is 12.6. The first-order chi connectivity index (χ1) is 15.3. The molecule has 1 atom stereocenters. The third-order valence-electron chi connectivity index (χ3n) is 5.09. The molecule has 0 saturated carbocycles. The van der Waals surface area contributed by atoms with Crippen molar-refractivity contribution in [3.8, 4) is 17.5 Å². The van der Waals surface area contributed by atoms with Gasteiger partial charge < -0.3 is 14.6 Å². The van der Waals surface area contributed by atoms with Crippen molar-refractivity contribution in [2.45, 2.75) is 26.5 Å². The maximum absolute atomic E-state index is 12.6. The Bertz CT molecular complexity index is 1390. The summed E-state index contributed by atoms with van der Waals surface area (Å²) in [6.07, 6.45) is -0.969. The number of aromatic amines is 1. The zero-order chi connectivity index (χ0) is 22.8. The SMILES string of the molecule is Cc1cccc(Oc2nc3c(c(=O)[nH]c(=O)n3C)n2CC(O)COc2ccccc2C)c1. The lowest BCUT2D eigenvalue weighted by Crippen LogP contribution is -2.30. The Kier molecular flexibility index (Phi) is 5.83. The Morgan fingerprint density at radius 1 is 1.12 bits per heavy atom. The van der Waals surface area contributed by atoms with Gasteiger partial charge in [-0.05, 0) is 43.2 Å². The Morgan fingerprint density at radius 2 is 1.91 bits per heavy atom. The number of aliphatic hydroxyl groups excluding tert-OH is 1.